The standard InChI is InChI=1S/C16H9F8N5O/c17-14(18,16(22,23)24)12-10(15(19,20)21)11(28-29-12)9-7(6-4-26-27-5-6)2-1-3-8(9)13(25)30/h1-5H,(H2,25,30)(H,26,27)(H,28,29). The number of hydrogen-bond donors (Lipinski definition) is 3. The van der Waals surface area contributed by atoms with Crippen molar-refractivity contribution in [1.29, 1.82) is 0 Å². The van der Waals surface area contributed by atoms with Crippen molar-refractivity contribution in [1.82, 2.24) is 20.4 Å². The largest absolute Gasteiger partial charge is 0.459 e. The minimum absolute atomic E-state index is 0.105. The molecule has 1 aromatic carbocycles. The lowest BCUT2D eigenvalue weighted by molar-refractivity contribution is -0.292. The van der Waals surface area contributed by atoms with Crippen molar-refractivity contribution in [3.05, 3.63) is 47.4 Å². The van der Waals surface area contributed by atoms with Crippen LogP contribution in [-0.2, 0) is 12.1 Å². The average Bonchev–Trinajstić information content (AvgIpc) is 3.29. The minimum Gasteiger partial charge on any atom is -0.366 e. The third kappa shape index (κ3) is 3.37. The molecule has 0 spiro atoms. The first-order valence-electron chi connectivity index (χ1n) is 7.79. The van der Waals surface area contributed by atoms with Gasteiger partial charge in [-0.3, -0.25) is 15.0 Å². The highest BCUT2D eigenvalue weighted by atomic mass is 19.4. The van der Waals surface area contributed by atoms with Gasteiger partial charge in [-0.15, -0.1) is 0 Å². The molecule has 3 rings (SSSR count). The maximum Gasteiger partial charge on any atom is 0.459 e. The summed E-state index contributed by atoms with van der Waals surface area (Å²) in [6.45, 7) is 0. The number of benzene rings is 1. The summed E-state index contributed by atoms with van der Waals surface area (Å²) in [5, 5.41) is 10.2. The van der Waals surface area contributed by atoms with E-state index in [2.05, 4.69) is 15.3 Å². The van der Waals surface area contributed by atoms with Crippen molar-refractivity contribution < 1.29 is 39.9 Å². The highest BCUT2D eigenvalue weighted by Gasteiger charge is 2.63. The summed E-state index contributed by atoms with van der Waals surface area (Å²) in [4.78, 5) is 11.8. The lowest BCUT2D eigenvalue weighted by atomic mass is 9.91. The molecule has 0 bridgehead atoms. The molecule has 0 saturated carbocycles. The molecular weight excluding hydrogens is 430 g/mol. The van der Waals surface area contributed by atoms with Gasteiger partial charge in [0.1, 0.15) is 17.0 Å². The second kappa shape index (κ2) is 6.81. The van der Waals surface area contributed by atoms with Crippen LogP contribution in [0.1, 0.15) is 21.6 Å². The van der Waals surface area contributed by atoms with E-state index in [1.165, 1.54) is 18.3 Å². The molecule has 0 radical (unpaired) electrons. The van der Waals surface area contributed by atoms with E-state index < -0.39 is 52.3 Å². The van der Waals surface area contributed by atoms with Crippen LogP contribution in [0.15, 0.2) is 30.6 Å². The Kier molecular flexibility index (Phi) is 4.83. The highest BCUT2D eigenvalue weighted by molar-refractivity contribution is 6.04. The normalized spacial score (nSPS) is 12.9. The summed E-state index contributed by atoms with van der Waals surface area (Å²) in [6, 6.07) is 3.41. The molecule has 14 heteroatoms. The number of aromatic amines is 2. The molecule has 3 aromatic rings. The summed E-state index contributed by atoms with van der Waals surface area (Å²) in [7, 11) is 0. The Morgan fingerprint density at radius 3 is 2.20 bits per heavy atom. The van der Waals surface area contributed by atoms with E-state index in [0.29, 0.717) is 0 Å². The van der Waals surface area contributed by atoms with E-state index in [1.807, 2.05) is 0 Å². The van der Waals surface area contributed by atoms with Crippen molar-refractivity contribution >= 4 is 5.91 Å². The van der Waals surface area contributed by atoms with Gasteiger partial charge in [0.05, 0.1) is 6.20 Å². The smallest absolute Gasteiger partial charge is 0.366 e. The number of nitrogens with two attached hydrogens (primary N) is 1. The summed E-state index contributed by atoms with van der Waals surface area (Å²) in [5.74, 6) is -7.16. The van der Waals surface area contributed by atoms with Crippen LogP contribution in [0.3, 0.4) is 0 Å². The zero-order valence-corrected chi connectivity index (χ0v) is 14.3. The molecule has 0 aliphatic heterocycles. The Morgan fingerprint density at radius 1 is 1.03 bits per heavy atom. The fourth-order valence-electron chi connectivity index (χ4n) is 2.82. The fourth-order valence-corrected chi connectivity index (χ4v) is 2.82. The first-order chi connectivity index (χ1) is 13.8. The molecule has 1 amide bonds. The zero-order chi connectivity index (χ0) is 22.5. The van der Waals surface area contributed by atoms with Crippen LogP contribution in [0, 0.1) is 0 Å². The van der Waals surface area contributed by atoms with Crippen molar-refractivity contribution in [3.8, 4) is 22.4 Å². The number of halogens is 8. The first-order valence-corrected chi connectivity index (χ1v) is 7.79. The molecule has 6 nitrogen and oxygen atoms in total. The molecule has 0 fully saturated rings. The number of nitrogens with one attached hydrogen (secondary N) is 2. The number of hydrogen-bond acceptors (Lipinski definition) is 3. The van der Waals surface area contributed by atoms with Gasteiger partial charge in [-0.25, -0.2) is 0 Å². The summed E-state index contributed by atoms with van der Waals surface area (Å²) in [5.41, 5.74) is -2.34. The number of aromatic nitrogens is 4. The molecule has 4 N–H and O–H groups in total. The number of alkyl halides is 8. The van der Waals surface area contributed by atoms with Gasteiger partial charge in [-0.2, -0.15) is 45.3 Å². The van der Waals surface area contributed by atoms with Gasteiger partial charge >= 0.3 is 18.3 Å². The number of amides is 1. The van der Waals surface area contributed by atoms with Crippen molar-refractivity contribution in [3.63, 3.8) is 0 Å². The molecule has 2 aromatic heterocycles. The van der Waals surface area contributed by atoms with E-state index in [0.717, 1.165) is 17.4 Å². The molecule has 0 aliphatic rings. The average molecular weight is 439 g/mol. The van der Waals surface area contributed by atoms with Gasteiger partial charge in [-0.05, 0) is 11.6 Å². The Balaban J connectivity index is 2.43. The van der Waals surface area contributed by atoms with Crippen molar-refractivity contribution in [2.75, 3.05) is 0 Å². The molecule has 0 atom stereocenters. The van der Waals surface area contributed by atoms with Crippen molar-refractivity contribution in [2.24, 2.45) is 5.73 Å². The maximum atomic E-state index is 13.8. The maximum absolute atomic E-state index is 13.8. The van der Waals surface area contributed by atoms with Gasteiger partial charge in [0.25, 0.3) is 0 Å². The van der Waals surface area contributed by atoms with Crippen LogP contribution in [0.4, 0.5) is 35.1 Å². The predicted octanol–water partition coefficient (Wildman–Crippen LogP) is 4.24. The van der Waals surface area contributed by atoms with Gasteiger partial charge in [0.15, 0.2) is 0 Å². The first kappa shape index (κ1) is 21.3. The third-order valence-electron chi connectivity index (χ3n) is 4.10. The second-order valence-corrected chi connectivity index (χ2v) is 5.97. The van der Waals surface area contributed by atoms with Crippen LogP contribution in [0.2, 0.25) is 0 Å². The number of nitrogens with zero attached hydrogens (tertiary/aromatic N) is 2. The van der Waals surface area contributed by atoms with Gasteiger partial charge in [0.2, 0.25) is 5.91 Å². The van der Waals surface area contributed by atoms with Crippen molar-refractivity contribution in [2.45, 2.75) is 18.3 Å². The molecule has 0 unspecified atom stereocenters. The zero-order valence-electron chi connectivity index (χ0n) is 14.3. The molecule has 2 heterocycles. The minimum atomic E-state index is -6.34. The quantitative estimate of drug-likeness (QED) is 0.531. The predicted molar refractivity (Wildman–Crippen MR) is 85.1 cm³/mol. The van der Waals surface area contributed by atoms with Gasteiger partial charge in [-0.1, -0.05) is 12.1 Å². The molecule has 0 aliphatic carbocycles. The van der Waals surface area contributed by atoms with E-state index in [9.17, 15) is 39.9 Å². The lowest BCUT2D eigenvalue weighted by Gasteiger charge is -2.21. The van der Waals surface area contributed by atoms with Crippen LogP contribution < -0.4 is 5.73 Å². The third-order valence-corrected chi connectivity index (χ3v) is 4.10. The van der Waals surface area contributed by atoms with Crippen LogP contribution >= 0.6 is 0 Å². The molecule has 0 saturated heterocycles. The summed E-state index contributed by atoms with van der Waals surface area (Å²) in [6.07, 6.45) is -9.69. The number of carbonyl (C=O) groups is 1. The van der Waals surface area contributed by atoms with E-state index in [4.69, 9.17) is 5.73 Å². The van der Waals surface area contributed by atoms with Crippen LogP contribution in [0.25, 0.3) is 22.4 Å². The molecule has 30 heavy (non-hydrogen) atoms. The molecule has 160 valence electrons. The SMILES string of the molecule is NC(=O)c1cccc(-c2cn[nH]c2)c1-c1n[nH]c(C(F)(F)C(F)(F)F)c1C(F)(F)F. The number of primary amides is 1. The lowest BCUT2D eigenvalue weighted by Crippen LogP contribution is -2.36. The Hall–Kier alpha value is -3.45. The van der Waals surface area contributed by atoms with Crippen LogP contribution in [-0.4, -0.2) is 32.5 Å². The monoisotopic (exact) mass is 439 g/mol. The fraction of sp³-hybridized carbons (Fsp3) is 0.188. The Labute approximate surface area is 161 Å². The number of H-pyrrole nitrogens is 2. The van der Waals surface area contributed by atoms with Crippen LogP contribution in [0.5, 0.6) is 0 Å². The summed E-state index contributed by atoms with van der Waals surface area (Å²) >= 11 is 0. The topological polar surface area (TPSA) is 100 Å². The highest BCUT2D eigenvalue weighted by Crippen LogP contribution is 2.50. The summed E-state index contributed by atoms with van der Waals surface area (Å²) < 4.78 is 107. The van der Waals surface area contributed by atoms with Gasteiger partial charge in [0, 0.05) is 22.9 Å². The second-order valence-electron chi connectivity index (χ2n) is 5.97. The van der Waals surface area contributed by atoms with E-state index in [1.54, 1.807) is 0 Å². The Bertz CT molecular complexity index is 1080. The number of carbonyl (C=O) groups excluding carboxylic acids is 1. The molecular formula is C16H9F8N5O. The van der Waals surface area contributed by atoms with E-state index in [-0.39, 0.29) is 11.1 Å². The van der Waals surface area contributed by atoms with Gasteiger partial charge < -0.3 is 5.73 Å². The van der Waals surface area contributed by atoms with E-state index >= 15 is 0 Å². The number of rotatable bonds is 4. The Morgan fingerprint density at radius 2 is 1.70 bits per heavy atom.